The molecule has 2 aromatic rings. The van der Waals surface area contributed by atoms with Crippen LogP contribution >= 0.6 is 11.6 Å². The number of rotatable bonds is 5. The van der Waals surface area contributed by atoms with Gasteiger partial charge in [-0.05, 0) is 48.5 Å². The molecule has 2 aromatic carbocycles. The van der Waals surface area contributed by atoms with Gasteiger partial charge in [0.1, 0.15) is 12.0 Å². The van der Waals surface area contributed by atoms with Crippen LogP contribution in [0.25, 0.3) is 0 Å². The van der Waals surface area contributed by atoms with Gasteiger partial charge >= 0.3 is 0 Å². The first-order valence-electron chi connectivity index (χ1n) is 6.34. The number of nitrogens with zero attached hydrogens (tertiary/aromatic N) is 2. The van der Waals surface area contributed by atoms with Crippen molar-refractivity contribution in [1.29, 1.82) is 0 Å². The van der Waals surface area contributed by atoms with Crippen molar-refractivity contribution in [3.63, 3.8) is 0 Å². The predicted octanol–water partition coefficient (Wildman–Crippen LogP) is 4.71. The molecule has 0 saturated carbocycles. The average Bonchev–Trinajstić information content (AvgIpc) is 2.57. The van der Waals surface area contributed by atoms with Gasteiger partial charge in [0, 0.05) is 10.6 Å². The molecule has 0 aliphatic carbocycles. The van der Waals surface area contributed by atoms with Gasteiger partial charge in [0.2, 0.25) is 5.78 Å². The molecule has 5 nitrogen and oxygen atoms in total. The second-order valence-electron chi connectivity index (χ2n) is 4.25. The van der Waals surface area contributed by atoms with Crippen LogP contribution in [-0.4, -0.2) is 18.0 Å². The van der Waals surface area contributed by atoms with Gasteiger partial charge in [0.25, 0.3) is 0 Å². The first kappa shape index (κ1) is 15.7. The standard InChI is InChI=1S/C16H13ClN2O3/c1-22-14-8-2-11(3-9-14)16(21)15(10-20)19-18-13-6-4-12(17)5-7-13/h2-10,20H,1H3/b15-10+,19-18?. The van der Waals surface area contributed by atoms with Crippen LogP contribution in [0.2, 0.25) is 5.02 Å². The number of ether oxygens (including phenoxy) is 1. The number of aliphatic hydroxyl groups excluding tert-OH is 1. The van der Waals surface area contributed by atoms with E-state index in [0.717, 1.165) is 0 Å². The Balaban J connectivity index is 2.16. The van der Waals surface area contributed by atoms with Crippen molar-refractivity contribution in [2.45, 2.75) is 0 Å². The molecule has 0 aliphatic rings. The van der Waals surface area contributed by atoms with E-state index in [0.29, 0.717) is 28.3 Å². The van der Waals surface area contributed by atoms with Crippen molar-refractivity contribution in [1.82, 2.24) is 0 Å². The Labute approximate surface area is 132 Å². The molecule has 22 heavy (non-hydrogen) atoms. The van der Waals surface area contributed by atoms with E-state index < -0.39 is 5.78 Å². The number of Topliss-reactive ketones (excluding diaryl/α,β-unsaturated/α-hetero) is 1. The summed E-state index contributed by atoms with van der Waals surface area (Å²) in [7, 11) is 1.54. The number of aliphatic hydroxyl groups is 1. The first-order valence-corrected chi connectivity index (χ1v) is 6.72. The number of hydrogen-bond donors (Lipinski definition) is 1. The summed E-state index contributed by atoms with van der Waals surface area (Å²) < 4.78 is 5.02. The van der Waals surface area contributed by atoms with E-state index in [2.05, 4.69) is 10.2 Å². The number of methoxy groups -OCH3 is 1. The second-order valence-corrected chi connectivity index (χ2v) is 4.68. The van der Waals surface area contributed by atoms with E-state index >= 15 is 0 Å². The van der Waals surface area contributed by atoms with Gasteiger partial charge in [-0.2, -0.15) is 5.11 Å². The average molecular weight is 317 g/mol. The predicted molar refractivity (Wildman–Crippen MR) is 84.0 cm³/mol. The highest BCUT2D eigenvalue weighted by Crippen LogP contribution is 2.19. The van der Waals surface area contributed by atoms with Crippen LogP contribution in [0.5, 0.6) is 5.75 Å². The van der Waals surface area contributed by atoms with Crippen molar-refractivity contribution in [2.24, 2.45) is 10.2 Å². The fourth-order valence-electron chi connectivity index (χ4n) is 1.64. The van der Waals surface area contributed by atoms with Gasteiger partial charge in [0.05, 0.1) is 12.8 Å². The first-order chi connectivity index (χ1) is 10.6. The summed E-state index contributed by atoms with van der Waals surface area (Å²) in [5, 5.41) is 17.4. The van der Waals surface area contributed by atoms with Gasteiger partial charge in [-0.15, -0.1) is 5.11 Å². The zero-order chi connectivity index (χ0) is 15.9. The van der Waals surface area contributed by atoms with E-state index in [4.69, 9.17) is 16.3 Å². The summed E-state index contributed by atoms with van der Waals surface area (Å²) in [6.07, 6.45) is 0.631. The Morgan fingerprint density at radius 3 is 2.32 bits per heavy atom. The molecular formula is C16H13ClN2O3. The van der Waals surface area contributed by atoms with Gasteiger partial charge in [-0.25, -0.2) is 0 Å². The molecule has 6 heteroatoms. The third-order valence-corrected chi connectivity index (χ3v) is 3.06. The molecule has 0 radical (unpaired) electrons. The molecule has 0 aromatic heterocycles. The minimum Gasteiger partial charge on any atom is -0.513 e. The number of benzene rings is 2. The monoisotopic (exact) mass is 316 g/mol. The minimum absolute atomic E-state index is 0.167. The molecule has 0 spiro atoms. The molecule has 0 fully saturated rings. The molecule has 112 valence electrons. The zero-order valence-corrected chi connectivity index (χ0v) is 12.5. The Kier molecular flexibility index (Phi) is 5.27. The minimum atomic E-state index is -0.442. The molecule has 0 bridgehead atoms. The van der Waals surface area contributed by atoms with Crippen LogP contribution in [0.3, 0.4) is 0 Å². The maximum absolute atomic E-state index is 12.2. The fourth-order valence-corrected chi connectivity index (χ4v) is 1.77. The third-order valence-electron chi connectivity index (χ3n) is 2.81. The summed E-state index contributed by atoms with van der Waals surface area (Å²) >= 11 is 5.77. The number of hydrogen-bond acceptors (Lipinski definition) is 5. The number of halogens is 1. The molecule has 0 unspecified atom stereocenters. The summed E-state index contributed by atoms with van der Waals surface area (Å²) in [5.41, 5.74) is 0.725. The smallest absolute Gasteiger partial charge is 0.216 e. The molecular weight excluding hydrogens is 304 g/mol. The SMILES string of the molecule is COc1ccc(C(=O)/C(=C\O)N=Nc2ccc(Cl)cc2)cc1. The van der Waals surface area contributed by atoms with Crippen LogP contribution in [-0.2, 0) is 0 Å². The van der Waals surface area contributed by atoms with Gasteiger partial charge in [-0.1, -0.05) is 11.6 Å². The largest absolute Gasteiger partial charge is 0.513 e. The molecule has 0 heterocycles. The lowest BCUT2D eigenvalue weighted by Crippen LogP contribution is -2.01. The maximum Gasteiger partial charge on any atom is 0.216 e. The maximum atomic E-state index is 12.2. The van der Waals surface area contributed by atoms with E-state index in [-0.39, 0.29) is 5.70 Å². The second kappa shape index (κ2) is 7.38. The quantitative estimate of drug-likeness (QED) is 0.375. The van der Waals surface area contributed by atoms with E-state index in [1.807, 2.05) is 0 Å². The van der Waals surface area contributed by atoms with E-state index in [9.17, 15) is 9.90 Å². The topological polar surface area (TPSA) is 71.2 Å². The number of carbonyl (C=O) groups is 1. The summed E-state index contributed by atoms with van der Waals surface area (Å²) in [6, 6.07) is 13.1. The zero-order valence-electron chi connectivity index (χ0n) is 11.7. The Bertz CT molecular complexity index is 707. The normalized spacial score (nSPS) is 11.6. The van der Waals surface area contributed by atoms with E-state index in [1.54, 1.807) is 48.5 Å². The summed E-state index contributed by atoms with van der Waals surface area (Å²) in [5.74, 6) is 0.191. The van der Waals surface area contributed by atoms with Crippen LogP contribution in [0, 0.1) is 0 Å². The molecule has 1 N–H and O–H groups in total. The third kappa shape index (κ3) is 3.93. The van der Waals surface area contributed by atoms with Gasteiger partial charge < -0.3 is 9.84 Å². The number of azo groups is 1. The highest BCUT2D eigenvalue weighted by molar-refractivity contribution is 6.30. The summed E-state index contributed by atoms with van der Waals surface area (Å²) in [4.78, 5) is 12.2. The van der Waals surface area contributed by atoms with Crippen molar-refractivity contribution in [3.8, 4) is 5.75 Å². The van der Waals surface area contributed by atoms with Crippen LogP contribution in [0.4, 0.5) is 5.69 Å². The highest BCUT2D eigenvalue weighted by Gasteiger charge is 2.12. The lowest BCUT2D eigenvalue weighted by molar-refractivity contribution is 0.102. The molecule has 0 aliphatic heterocycles. The Hall–Kier alpha value is -2.66. The molecule has 2 rings (SSSR count). The Morgan fingerprint density at radius 2 is 1.77 bits per heavy atom. The van der Waals surface area contributed by atoms with Crippen LogP contribution < -0.4 is 4.74 Å². The van der Waals surface area contributed by atoms with Crippen LogP contribution in [0.1, 0.15) is 10.4 Å². The molecule has 0 atom stereocenters. The van der Waals surface area contributed by atoms with Crippen molar-refractivity contribution >= 4 is 23.1 Å². The van der Waals surface area contributed by atoms with Crippen LogP contribution in [0.15, 0.2) is 70.7 Å². The Morgan fingerprint density at radius 1 is 1.14 bits per heavy atom. The fraction of sp³-hybridized carbons (Fsp3) is 0.0625. The van der Waals surface area contributed by atoms with Gasteiger partial charge in [-0.3, -0.25) is 4.79 Å². The number of carbonyl (C=O) groups excluding carboxylic acids is 1. The van der Waals surface area contributed by atoms with Crippen molar-refractivity contribution in [3.05, 3.63) is 71.1 Å². The van der Waals surface area contributed by atoms with Gasteiger partial charge in [0.15, 0.2) is 5.70 Å². The molecule has 0 amide bonds. The number of ketones is 1. The molecule has 0 saturated heterocycles. The number of allylic oxidation sites excluding steroid dienone is 1. The van der Waals surface area contributed by atoms with E-state index in [1.165, 1.54) is 7.11 Å². The van der Waals surface area contributed by atoms with Crippen molar-refractivity contribution in [2.75, 3.05) is 7.11 Å². The van der Waals surface area contributed by atoms with Crippen molar-refractivity contribution < 1.29 is 14.6 Å². The lowest BCUT2D eigenvalue weighted by atomic mass is 10.1. The highest BCUT2D eigenvalue weighted by atomic mass is 35.5. The lowest BCUT2D eigenvalue weighted by Gasteiger charge is -2.02. The summed E-state index contributed by atoms with van der Waals surface area (Å²) in [6.45, 7) is 0.